The van der Waals surface area contributed by atoms with E-state index in [0.717, 1.165) is 0 Å². The van der Waals surface area contributed by atoms with Crippen molar-refractivity contribution in [2.75, 3.05) is 25.4 Å². The van der Waals surface area contributed by atoms with E-state index in [0.29, 0.717) is 49.8 Å². The monoisotopic (exact) mass is 344 g/mol. The highest BCUT2D eigenvalue weighted by molar-refractivity contribution is 5.92. The van der Waals surface area contributed by atoms with Crippen molar-refractivity contribution in [2.45, 2.75) is 19.8 Å². The molecule has 0 unspecified atom stereocenters. The van der Waals surface area contributed by atoms with Crippen molar-refractivity contribution in [2.24, 2.45) is 5.92 Å². The summed E-state index contributed by atoms with van der Waals surface area (Å²) in [5.74, 6) is 0.181. The Morgan fingerprint density at radius 3 is 2.76 bits per heavy atom. The Kier molecular flexibility index (Phi) is 4.97. The first kappa shape index (κ1) is 16.9. The van der Waals surface area contributed by atoms with Gasteiger partial charge in [0.15, 0.2) is 5.69 Å². The van der Waals surface area contributed by atoms with Crippen LogP contribution in [-0.2, 0) is 9.53 Å². The minimum atomic E-state index is -0.208. The van der Waals surface area contributed by atoms with E-state index in [1.54, 1.807) is 30.2 Å². The highest BCUT2D eigenvalue weighted by Crippen LogP contribution is 2.22. The molecule has 2 aromatic rings. The van der Waals surface area contributed by atoms with E-state index in [1.165, 1.54) is 6.26 Å². The number of anilines is 1. The summed E-state index contributed by atoms with van der Waals surface area (Å²) in [6.45, 7) is 3.15. The number of amides is 1. The van der Waals surface area contributed by atoms with Gasteiger partial charge in [0.2, 0.25) is 5.89 Å². The largest absolute Gasteiger partial charge is 0.466 e. The summed E-state index contributed by atoms with van der Waals surface area (Å²) in [5.41, 5.74) is 6.44. The van der Waals surface area contributed by atoms with Crippen molar-refractivity contribution in [3.05, 3.63) is 30.3 Å². The summed E-state index contributed by atoms with van der Waals surface area (Å²) in [5, 5.41) is 0. The number of hydrogen-bond donors (Lipinski definition) is 1. The minimum absolute atomic E-state index is 0.141. The van der Waals surface area contributed by atoms with E-state index >= 15 is 0 Å². The van der Waals surface area contributed by atoms with E-state index in [9.17, 15) is 9.59 Å². The topological polar surface area (TPSA) is 112 Å². The van der Waals surface area contributed by atoms with Gasteiger partial charge in [0.05, 0.1) is 18.1 Å². The molecule has 1 amide bonds. The van der Waals surface area contributed by atoms with Crippen LogP contribution >= 0.6 is 0 Å². The molecular formula is C17H20N4O4. The van der Waals surface area contributed by atoms with Crippen molar-refractivity contribution in [3.63, 3.8) is 0 Å². The Morgan fingerprint density at radius 1 is 1.36 bits per heavy atom. The summed E-state index contributed by atoms with van der Waals surface area (Å²) in [4.78, 5) is 34.2. The Morgan fingerprint density at radius 2 is 2.12 bits per heavy atom. The van der Waals surface area contributed by atoms with Gasteiger partial charge < -0.3 is 19.8 Å². The molecule has 1 saturated heterocycles. The molecule has 1 aliphatic rings. The lowest BCUT2D eigenvalue weighted by atomic mass is 9.97. The van der Waals surface area contributed by atoms with Gasteiger partial charge in [0.25, 0.3) is 5.91 Å². The van der Waals surface area contributed by atoms with Gasteiger partial charge in [-0.3, -0.25) is 9.59 Å². The molecule has 3 rings (SSSR count). The number of oxazole rings is 1. The number of piperidine rings is 1. The van der Waals surface area contributed by atoms with Crippen LogP contribution in [0.15, 0.2) is 29.0 Å². The maximum absolute atomic E-state index is 12.6. The van der Waals surface area contributed by atoms with Crippen LogP contribution in [0.1, 0.15) is 30.3 Å². The first-order valence-corrected chi connectivity index (χ1v) is 8.21. The summed E-state index contributed by atoms with van der Waals surface area (Å²) in [6.07, 6.45) is 4.07. The second kappa shape index (κ2) is 7.33. The second-order valence-electron chi connectivity index (χ2n) is 5.83. The van der Waals surface area contributed by atoms with Crippen LogP contribution in [-0.4, -0.2) is 46.4 Å². The predicted octanol–water partition coefficient (Wildman–Crippen LogP) is 1.73. The molecule has 1 aliphatic heterocycles. The molecule has 0 spiro atoms. The normalized spacial score (nSPS) is 15.2. The SMILES string of the molecule is CCOC(=O)C1CCN(C(=O)c2coc(-c3ccc(N)nc3)n2)CC1. The Labute approximate surface area is 145 Å². The zero-order valence-electron chi connectivity index (χ0n) is 14.0. The number of nitrogens with two attached hydrogens (primary N) is 1. The lowest BCUT2D eigenvalue weighted by Crippen LogP contribution is -2.40. The fraction of sp³-hybridized carbons (Fsp3) is 0.412. The molecule has 8 nitrogen and oxygen atoms in total. The van der Waals surface area contributed by atoms with E-state index in [2.05, 4.69) is 9.97 Å². The highest BCUT2D eigenvalue weighted by atomic mass is 16.5. The number of rotatable bonds is 4. The minimum Gasteiger partial charge on any atom is -0.466 e. The second-order valence-corrected chi connectivity index (χ2v) is 5.83. The number of ether oxygens (including phenoxy) is 1. The van der Waals surface area contributed by atoms with E-state index < -0.39 is 0 Å². The van der Waals surface area contributed by atoms with Gasteiger partial charge in [-0.25, -0.2) is 9.97 Å². The lowest BCUT2D eigenvalue weighted by molar-refractivity contribution is -0.149. The number of likely N-dealkylation sites (tertiary alicyclic amines) is 1. The van der Waals surface area contributed by atoms with Gasteiger partial charge in [-0.1, -0.05) is 0 Å². The number of esters is 1. The summed E-state index contributed by atoms with van der Waals surface area (Å²) in [6, 6.07) is 3.37. The van der Waals surface area contributed by atoms with Crippen LogP contribution in [0.5, 0.6) is 0 Å². The maximum Gasteiger partial charge on any atom is 0.309 e. The van der Waals surface area contributed by atoms with Gasteiger partial charge in [-0.05, 0) is 31.9 Å². The van der Waals surface area contributed by atoms with Gasteiger partial charge in [-0.15, -0.1) is 0 Å². The third kappa shape index (κ3) is 3.78. The zero-order chi connectivity index (χ0) is 17.8. The third-order valence-electron chi connectivity index (χ3n) is 4.16. The van der Waals surface area contributed by atoms with Crippen LogP contribution in [0.3, 0.4) is 0 Å². The highest BCUT2D eigenvalue weighted by Gasteiger charge is 2.29. The summed E-state index contributed by atoms with van der Waals surface area (Å²) in [7, 11) is 0. The van der Waals surface area contributed by atoms with Crippen molar-refractivity contribution >= 4 is 17.7 Å². The number of carbonyl (C=O) groups is 2. The molecule has 25 heavy (non-hydrogen) atoms. The fourth-order valence-electron chi connectivity index (χ4n) is 2.78. The first-order chi connectivity index (χ1) is 12.1. The Bertz CT molecular complexity index is 748. The molecule has 2 N–H and O–H groups in total. The van der Waals surface area contributed by atoms with Crippen LogP contribution < -0.4 is 5.73 Å². The molecule has 0 radical (unpaired) electrons. The molecular weight excluding hydrogens is 324 g/mol. The molecule has 132 valence electrons. The van der Waals surface area contributed by atoms with Crippen LogP contribution in [0, 0.1) is 5.92 Å². The average molecular weight is 344 g/mol. The van der Waals surface area contributed by atoms with Crippen LogP contribution in [0.2, 0.25) is 0 Å². The van der Waals surface area contributed by atoms with Crippen molar-refractivity contribution in [1.29, 1.82) is 0 Å². The predicted molar refractivity (Wildman–Crippen MR) is 89.4 cm³/mol. The Balaban J connectivity index is 1.63. The van der Waals surface area contributed by atoms with Crippen LogP contribution in [0.4, 0.5) is 5.82 Å². The molecule has 0 atom stereocenters. The molecule has 0 aliphatic carbocycles. The molecule has 0 aromatic carbocycles. The van der Waals surface area contributed by atoms with Crippen molar-refractivity contribution in [1.82, 2.24) is 14.9 Å². The number of pyridine rings is 1. The van der Waals surface area contributed by atoms with Crippen molar-refractivity contribution in [3.8, 4) is 11.5 Å². The Hall–Kier alpha value is -2.90. The number of hydrogen-bond acceptors (Lipinski definition) is 7. The molecule has 0 bridgehead atoms. The summed E-state index contributed by atoms with van der Waals surface area (Å²) >= 11 is 0. The molecule has 0 saturated carbocycles. The van der Waals surface area contributed by atoms with Gasteiger partial charge in [0, 0.05) is 19.3 Å². The lowest BCUT2D eigenvalue weighted by Gasteiger charge is -2.30. The van der Waals surface area contributed by atoms with E-state index in [1.807, 2.05) is 0 Å². The number of carbonyl (C=O) groups excluding carboxylic acids is 2. The number of aromatic nitrogens is 2. The van der Waals surface area contributed by atoms with Gasteiger partial charge in [0.1, 0.15) is 12.1 Å². The zero-order valence-corrected chi connectivity index (χ0v) is 14.0. The maximum atomic E-state index is 12.6. The standard InChI is InChI=1S/C17H20N4O4/c1-2-24-17(23)11-5-7-21(8-6-11)16(22)13-10-25-15(20-13)12-3-4-14(18)19-9-12/h3-4,9-11H,2,5-8H2,1H3,(H2,18,19). The molecule has 8 heteroatoms. The van der Waals surface area contributed by atoms with Gasteiger partial charge in [-0.2, -0.15) is 0 Å². The van der Waals surface area contributed by atoms with Crippen molar-refractivity contribution < 1.29 is 18.7 Å². The molecule has 3 heterocycles. The molecule has 2 aromatic heterocycles. The number of nitrogens with zero attached hydrogens (tertiary/aromatic N) is 3. The average Bonchev–Trinajstić information content (AvgIpc) is 3.12. The van der Waals surface area contributed by atoms with E-state index in [-0.39, 0.29) is 23.5 Å². The number of nitrogen functional groups attached to an aromatic ring is 1. The van der Waals surface area contributed by atoms with Crippen LogP contribution in [0.25, 0.3) is 11.5 Å². The molecule has 1 fully saturated rings. The van der Waals surface area contributed by atoms with Gasteiger partial charge >= 0.3 is 5.97 Å². The van der Waals surface area contributed by atoms with E-state index in [4.69, 9.17) is 14.9 Å². The first-order valence-electron chi connectivity index (χ1n) is 8.21. The summed E-state index contributed by atoms with van der Waals surface area (Å²) < 4.78 is 10.4. The quantitative estimate of drug-likeness (QED) is 0.841. The smallest absolute Gasteiger partial charge is 0.309 e. The fourth-order valence-corrected chi connectivity index (χ4v) is 2.78. The third-order valence-corrected chi connectivity index (χ3v) is 4.16.